The average molecular weight is 242 g/mol. The van der Waals surface area contributed by atoms with Crippen molar-refractivity contribution < 1.29 is 0 Å². The van der Waals surface area contributed by atoms with Gasteiger partial charge in [-0.1, -0.05) is 18.2 Å². The molecule has 1 unspecified atom stereocenters. The molecule has 0 fully saturated rings. The van der Waals surface area contributed by atoms with Gasteiger partial charge in [0.15, 0.2) is 0 Å². The summed E-state index contributed by atoms with van der Waals surface area (Å²) in [5.41, 5.74) is 8.79. The Morgan fingerprint density at radius 3 is 2.56 bits per heavy atom. The zero-order valence-corrected chi connectivity index (χ0v) is 10.9. The summed E-state index contributed by atoms with van der Waals surface area (Å²) in [6.07, 6.45) is 0. The molecular weight excluding hydrogens is 224 g/mol. The van der Waals surface area contributed by atoms with Crippen molar-refractivity contribution in [1.82, 2.24) is 9.97 Å². The Labute approximate surface area is 107 Å². The molecule has 3 N–H and O–H groups in total. The van der Waals surface area contributed by atoms with Crippen LogP contribution in [-0.4, -0.2) is 9.97 Å². The van der Waals surface area contributed by atoms with Crippen LogP contribution in [-0.2, 0) is 0 Å². The number of anilines is 2. The van der Waals surface area contributed by atoms with Gasteiger partial charge in [0, 0.05) is 17.4 Å². The van der Waals surface area contributed by atoms with E-state index >= 15 is 0 Å². The molecule has 1 aromatic carbocycles. The van der Waals surface area contributed by atoms with Crippen LogP contribution in [0.3, 0.4) is 0 Å². The standard InChI is InChI=1S/C14H18N4/c1-9-8-14(18-11(3)16-9)17-10(2)12-6-4-5-7-13(12)15/h4-8,10H,15H2,1-3H3,(H,16,17,18). The van der Waals surface area contributed by atoms with Crippen LogP contribution in [0, 0.1) is 13.8 Å². The summed E-state index contributed by atoms with van der Waals surface area (Å²) in [7, 11) is 0. The minimum Gasteiger partial charge on any atom is -0.398 e. The van der Waals surface area contributed by atoms with Gasteiger partial charge in [-0.15, -0.1) is 0 Å². The zero-order valence-electron chi connectivity index (χ0n) is 10.9. The summed E-state index contributed by atoms with van der Waals surface area (Å²) < 4.78 is 0. The molecule has 1 heterocycles. The molecular formula is C14H18N4. The number of nitrogens with zero attached hydrogens (tertiary/aromatic N) is 2. The van der Waals surface area contributed by atoms with E-state index in [4.69, 9.17) is 5.73 Å². The van der Waals surface area contributed by atoms with Crippen molar-refractivity contribution in [3.05, 3.63) is 47.4 Å². The third-order valence-corrected chi connectivity index (χ3v) is 2.79. The predicted molar refractivity (Wildman–Crippen MR) is 74.4 cm³/mol. The van der Waals surface area contributed by atoms with E-state index in [9.17, 15) is 0 Å². The van der Waals surface area contributed by atoms with Crippen molar-refractivity contribution in [3.8, 4) is 0 Å². The van der Waals surface area contributed by atoms with Crippen molar-refractivity contribution in [2.45, 2.75) is 26.8 Å². The largest absolute Gasteiger partial charge is 0.398 e. The molecule has 0 spiro atoms. The first-order valence-corrected chi connectivity index (χ1v) is 5.99. The van der Waals surface area contributed by atoms with Gasteiger partial charge in [0.2, 0.25) is 0 Å². The second-order valence-electron chi connectivity index (χ2n) is 4.44. The highest BCUT2D eigenvalue weighted by Gasteiger charge is 2.09. The van der Waals surface area contributed by atoms with E-state index in [0.717, 1.165) is 28.6 Å². The zero-order chi connectivity index (χ0) is 13.1. The van der Waals surface area contributed by atoms with Gasteiger partial charge in [-0.05, 0) is 32.4 Å². The number of aromatic nitrogens is 2. The molecule has 0 saturated carbocycles. The topological polar surface area (TPSA) is 63.8 Å². The highest BCUT2D eigenvalue weighted by atomic mass is 15.0. The molecule has 4 nitrogen and oxygen atoms in total. The second kappa shape index (κ2) is 5.04. The van der Waals surface area contributed by atoms with Crippen molar-refractivity contribution >= 4 is 11.5 Å². The minimum absolute atomic E-state index is 0.111. The molecule has 0 radical (unpaired) electrons. The number of hydrogen-bond acceptors (Lipinski definition) is 4. The van der Waals surface area contributed by atoms with E-state index in [2.05, 4.69) is 22.2 Å². The van der Waals surface area contributed by atoms with E-state index in [0.29, 0.717) is 0 Å². The summed E-state index contributed by atoms with van der Waals surface area (Å²) in [5.74, 6) is 1.60. The smallest absolute Gasteiger partial charge is 0.130 e. The summed E-state index contributed by atoms with van der Waals surface area (Å²) in [5, 5.41) is 3.35. The Bertz CT molecular complexity index is 531. The van der Waals surface area contributed by atoms with Crippen LogP contribution in [0.25, 0.3) is 0 Å². The summed E-state index contributed by atoms with van der Waals surface area (Å²) in [6.45, 7) is 5.92. The van der Waals surface area contributed by atoms with Gasteiger partial charge >= 0.3 is 0 Å². The van der Waals surface area contributed by atoms with Crippen LogP contribution in [0.15, 0.2) is 30.3 Å². The molecule has 1 aromatic heterocycles. The maximum atomic E-state index is 5.96. The normalized spacial score (nSPS) is 12.2. The first-order valence-electron chi connectivity index (χ1n) is 5.99. The first kappa shape index (κ1) is 12.4. The predicted octanol–water partition coefficient (Wildman–Crippen LogP) is 2.85. The molecule has 18 heavy (non-hydrogen) atoms. The number of aryl methyl sites for hydroxylation is 2. The molecule has 0 bridgehead atoms. The van der Waals surface area contributed by atoms with Crippen LogP contribution in [0.2, 0.25) is 0 Å². The van der Waals surface area contributed by atoms with Gasteiger partial charge in [0.25, 0.3) is 0 Å². The number of nitrogen functional groups attached to an aromatic ring is 1. The van der Waals surface area contributed by atoms with E-state index < -0.39 is 0 Å². The lowest BCUT2D eigenvalue weighted by Crippen LogP contribution is -2.11. The molecule has 4 heteroatoms. The lowest BCUT2D eigenvalue weighted by molar-refractivity contribution is 0.866. The third-order valence-electron chi connectivity index (χ3n) is 2.79. The monoisotopic (exact) mass is 242 g/mol. The molecule has 94 valence electrons. The van der Waals surface area contributed by atoms with Crippen LogP contribution < -0.4 is 11.1 Å². The van der Waals surface area contributed by atoms with E-state index in [1.165, 1.54) is 0 Å². The van der Waals surface area contributed by atoms with Crippen molar-refractivity contribution in [2.75, 3.05) is 11.1 Å². The van der Waals surface area contributed by atoms with E-state index in [1.54, 1.807) is 0 Å². The summed E-state index contributed by atoms with van der Waals surface area (Å²) >= 11 is 0. The molecule has 0 aliphatic rings. The van der Waals surface area contributed by atoms with E-state index in [1.807, 2.05) is 44.2 Å². The van der Waals surface area contributed by atoms with Crippen molar-refractivity contribution in [2.24, 2.45) is 0 Å². The highest BCUT2D eigenvalue weighted by molar-refractivity contribution is 5.51. The number of rotatable bonds is 3. The number of benzene rings is 1. The SMILES string of the molecule is Cc1cc(NC(C)c2ccccc2N)nc(C)n1. The maximum Gasteiger partial charge on any atom is 0.130 e. The van der Waals surface area contributed by atoms with Gasteiger partial charge in [-0.2, -0.15) is 0 Å². The Morgan fingerprint density at radius 2 is 1.89 bits per heavy atom. The fourth-order valence-electron chi connectivity index (χ4n) is 2.00. The first-order chi connectivity index (χ1) is 8.56. The quantitative estimate of drug-likeness (QED) is 0.812. The molecule has 0 aliphatic carbocycles. The lowest BCUT2D eigenvalue weighted by atomic mass is 10.1. The van der Waals surface area contributed by atoms with Crippen LogP contribution in [0.5, 0.6) is 0 Å². The van der Waals surface area contributed by atoms with Crippen LogP contribution in [0.1, 0.15) is 30.0 Å². The third kappa shape index (κ3) is 2.77. The Kier molecular flexibility index (Phi) is 3.46. The minimum atomic E-state index is 0.111. The van der Waals surface area contributed by atoms with Gasteiger partial charge < -0.3 is 11.1 Å². The van der Waals surface area contributed by atoms with Crippen LogP contribution in [0.4, 0.5) is 11.5 Å². The Balaban J connectivity index is 2.21. The molecule has 0 saturated heterocycles. The van der Waals surface area contributed by atoms with Crippen molar-refractivity contribution in [3.63, 3.8) is 0 Å². The Hall–Kier alpha value is -2.10. The molecule has 0 aliphatic heterocycles. The molecule has 2 rings (SSSR count). The summed E-state index contributed by atoms with van der Waals surface area (Å²) in [4.78, 5) is 8.62. The number of nitrogens with one attached hydrogen (secondary N) is 1. The molecule has 0 amide bonds. The highest BCUT2D eigenvalue weighted by Crippen LogP contribution is 2.23. The number of hydrogen-bond donors (Lipinski definition) is 2. The van der Waals surface area contributed by atoms with Gasteiger partial charge in [-0.3, -0.25) is 0 Å². The molecule has 1 atom stereocenters. The van der Waals surface area contributed by atoms with Crippen molar-refractivity contribution in [1.29, 1.82) is 0 Å². The number of para-hydroxylation sites is 1. The number of nitrogens with two attached hydrogens (primary N) is 1. The maximum absolute atomic E-state index is 5.96. The average Bonchev–Trinajstić information content (AvgIpc) is 2.27. The fourth-order valence-corrected chi connectivity index (χ4v) is 2.00. The Morgan fingerprint density at radius 1 is 1.17 bits per heavy atom. The fraction of sp³-hybridized carbons (Fsp3) is 0.286. The second-order valence-corrected chi connectivity index (χ2v) is 4.44. The summed E-state index contributed by atoms with van der Waals surface area (Å²) in [6, 6.07) is 9.89. The van der Waals surface area contributed by atoms with Gasteiger partial charge in [0.1, 0.15) is 11.6 Å². The van der Waals surface area contributed by atoms with Gasteiger partial charge in [-0.25, -0.2) is 9.97 Å². The molecule has 2 aromatic rings. The van der Waals surface area contributed by atoms with E-state index in [-0.39, 0.29) is 6.04 Å². The lowest BCUT2D eigenvalue weighted by Gasteiger charge is -2.17. The van der Waals surface area contributed by atoms with Crippen LogP contribution >= 0.6 is 0 Å². The van der Waals surface area contributed by atoms with Gasteiger partial charge in [0.05, 0.1) is 6.04 Å².